The molecule has 0 radical (unpaired) electrons. The normalized spacial score (nSPS) is 21.2. The molecule has 7 heteroatoms. The fourth-order valence-corrected chi connectivity index (χ4v) is 3.87. The zero-order chi connectivity index (χ0) is 16.4. The zero-order valence-corrected chi connectivity index (χ0v) is 14.2. The van der Waals surface area contributed by atoms with Gasteiger partial charge < -0.3 is 14.5 Å². The highest BCUT2D eigenvalue weighted by Crippen LogP contribution is 2.23. The standard InChI is InChI=1S/C17H20N4O2S/c22-17(14-3-1-11-23-14)21-9-7-20(8-10-21)16-6-5-13(18-19-16)15-4-2-12-24-15/h2,4-6,12,14H,1,3,7-11H2. The van der Waals surface area contributed by atoms with Crippen molar-refractivity contribution in [3.8, 4) is 10.6 Å². The molecule has 0 aromatic carbocycles. The number of hydrogen-bond acceptors (Lipinski definition) is 6. The molecule has 1 unspecified atom stereocenters. The number of piperazine rings is 1. The van der Waals surface area contributed by atoms with Crippen molar-refractivity contribution in [1.29, 1.82) is 0 Å². The van der Waals surface area contributed by atoms with Crippen LogP contribution in [0.5, 0.6) is 0 Å². The Morgan fingerprint density at radius 3 is 2.67 bits per heavy atom. The van der Waals surface area contributed by atoms with Crippen LogP contribution in [0.3, 0.4) is 0 Å². The average molecular weight is 344 g/mol. The Morgan fingerprint density at radius 1 is 1.17 bits per heavy atom. The highest BCUT2D eigenvalue weighted by molar-refractivity contribution is 7.13. The summed E-state index contributed by atoms with van der Waals surface area (Å²) in [5.74, 6) is 1.02. The molecule has 0 N–H and O–H groups in total. The van der Waals surface area contributed by atoms with Crippen LogP contribution in [0.4, 0.5) is 5.82 Å². The van der Waals surface area contributed by atoms with E-state index in [0.717, 1.165) is 42.3 Å². The molecule has 4 heterocycles. The third kappa shape index (κ3) is 3.14. The number of anilines is 1. The number of thiophene rings is 1. The lowest BCUT2D eigenvalue weighted by Gasteiger charge is -2.36. The lowest BCUT2D eigenvalue weighted by atomic mass is 10.2. The van der Waals surface area contributed by atoms with Crippen molar-refractivity contribution < 1.29 is 9.53 Å². The van der Waals surface area contributed by atoms with Gasteiger partial charge in [-0.3, -0.25) is 4.79 Å². The second-order valence-corrected chi connectivity index (χ2v) is 7.02. The summed E-state index contributed by atoms with van der Waals surface area (Å²) in [7, 11) is 0. The molecule has 2 aliphatic heterocycles. The summed E-state index contributed by atoms with van der Waals surface area (Å²) in [4.78, 5) is 17.6. The van der Waals surface area contributed by atoms with Crippen molar-refractivity contribution in [2.75, 3.05) is 37.7 Å². The Balaban J connectivity index is 1.36. The molecule has 0 aliphatic carbocycles. The molecule has 2 fully saturated rings. The Morgan fingerprint density at radius 2 is 2.04 bits per heavy atom. The highest BCUT2D eigenvalue weighted by Gasteiger charge is 2.30. The third-order valence-corrected chi connectivity index (χ3v) is 5.44. The Labute approximate surface area is 145 Å². The van der Waals surface area contributed by atoms with Gasteiger partial charge in [-0.1, -0.05) is 6.07 Å². The number of ether oxygens (including phenoxy) is 1. The van der Waals surface area contributed by atoms with E-state index < -0.39 is 0 Å². The first-order valence-electron chi connectivity index (χ1n) is 8.34. The Hall–Kier alpha value is -1.99. The number of aromatic nitrogens is 2. The molecule has 126 valence electrons. The molecule has 2 aromatic rings. The zero-order valence-electron chi connectivity index (χ0n) is 13.4. The van der Waals surface area contributed by atoms with Crippen molar-refractivity contribution in [2.45, 2.75) is 18.9 Å². The van der Waals surface area contributed by atoms with Crippen LogP contribution < -0.4 is 4.90 Å². The molecule has 1 atom stereocenters. The molecule has 24 heavy (non-hydrogen) atoms. The van der Waals surface area contributed by atoms with Crippen LogP contribution in [0, 0.1) is 0 Å². The Kier molecular flexibility index (Phi) is 4.44. The van der Waals surface area contributed by atoms with Gasteiger partial charge in [0.25, 0.3) is 5.91 Å². The van der Waals surface area contributed by atoms with Crippen LogP contribution in [0.2, 0.25) is 0 Å². The fourth-order valence-electron chi connectivity index (χ4n) is 3.18. The molecule has 0 saturated carbocycles. The lowest BCUT2D eigenvalue weighted by Crippen LogP contribution is -2.51. The first-order valence-corrected chi connectivity index (χ1v) is 9.22. The minimum Gasteiger partial charge on any atom is -0.368 e. The van der Waals surface area contributed by atoms with E-state index in [1.54, 1.807) is 11.3 Å². The SMILES string of the molecule is O=C(C1CCCO1)N1CCN(c2ccc(-c3cccs3)nn2)CC1. The van der Waals surface area contributed by atoms with E-state index in [4.69, 9.17) is 4.74 Å². The lowest BCUT2D eigenvalue weighted by molar-refractivity contribution is -0.141. The minimum absolute atomic E-state index is 0.145. The maximum Gasteiger partial charge on any atom is 0.251 e. The van der Waals surface area contributed by atoms with E-state index in [1.807, 2.05) is 34.5 Å². The number of hydrogen-bond donors (Lipinski definition) is 0. The molecular weight excluding hydrogens is 324 g/mol. The van der Waals surface area contributed by atoms with E-state index in [2.05, 4.69) is 15.1 Å². The highest BCUT2D eigenvalue weighted by atomic mass is 32.1. The van der Waals surface area contributed by atoms with Crippen LogP contribution in [0.25, 0.3) is 10.6 Å². The van der Waals surface area contributed by atoms with Crippen LogP contribution in [-0.2, 0) is 9.53 Å². The second-order valence-electron chi connectivity index (χ2n) is 6.07. The average Bonchev–Trinajstić information content (AvgIpc) is 3.35. The number of nitrogens with zero attached hydrogens (tertiary/aromatic N) is 4. The summed E-state index contributed by atoms with van der Waals surface area (Å²) in [5.41, 5.74) is 0.904. The van der Waals surface area contributed by atoms with Gasteiger partial charge in [-0.25, -0.2) is 0 Å². The van der Waals surface area contributed by atoms with Gasteiger partial charge in [0.15, 0.2) is 5.82 Å². The van der Waals surface area contributed by atoms with Crippen LogP contribution >= 0.6 is 11.3 Å². The second kappa shape index (κ2) is 6.86. The third-order valence-electron chi connectivity index (χ3n) is 4.54. The summed E-state index contributed by atoms with van der Waals surface area (Å²) in [6.45, 7) is 3.71. The first-order chi connectivity index (χ1) is 11.8. The summed E-state index contributed by atoms with van der Waals surface area (Å²) in [6.07, 6.45) is 1.62. The van der Waals surface area contributed by atoms with Gasteiger partial charge in [-0.05, 0) is 36.4 Å². The maximum absolute atomic E-state index is 12.4. The van der Waals surface area contributed by atoms with Gasteiger partial charge in [-0.2, -0.15) is 0 Å². The van der Waals surface area contributed by atoms with Crippen molar-refractivity contribution in [3.05, 3.63) is 29.6 Å². The Bertz CT molecular complexity index is 675. The van der Waals surface area contributed by atoms with E-state index >= 15 is 0 Å². The van der Waals surface area contributed by atoms with Crippen LogP contribution in [-0.4, -0.2) is 59.9 Å². The minimum atomic E-state index is -0.221. The smallest absolute Gasteiger partial charge is 0.251 e. The number of rotatable bonds is 3. The number of carbonyl (C=O) groups excluding carboxylic acids is 1. The van der Waals surface area contributed by atoms with Crippen molar-refractivity contribution in [3.63, 3.8) is 0 Å². The first kappa shape index (κ1) is 15.5. The quantitative estimate of drug-likeness (QED) is 0.853. The monoisotopic (exact) mass is 344 g/mol. The van der Waals surface area contributed by atoms with Gasteiger partial charge in [0.05, 0.1) is 4.88 Å². The van der Waals surface area contributed by atoms with Gasteiger partial charge in [0.2, 0.25) is 0 Å². The summed E-state index contributed by atoms with van der Waals surface area (Å²) < 4.78 is 5.50. The van der Waals surface area contributed by atoms with Crippen LogP contribution in [0.15, 0.2) is 29.6 Å². The van der Waals surface area contributed by atoms with Gasteiger partial charge in [0.1, 0.15) is 11.8 Å². The summed E-state index contributed by atoms with van der Waals surface area (Å²) >= 11 is 1.66. The van der Waals surface area contributed by atoms with E-state index in [9.17, 15) is 4.79 Å². The molecular formula is C17H20N4O2S. The van der Waals surface area contributed by atoms with E-state index in [0.29, 0.717) is 19.7 Å². The molecule has 1 amide bonds. The van der Waals surface area contributed by atoms with Crippen molar-refractivity contribution in [2.24, 2.45) is 0 Å². The molecule has 2 aromatic heterocycles. The molecule has 0 bridgehead atoms. The predicted octanol–water partition coefficient (Wildman–Crippen LogP) is 2.03. The summed E-state index contributed by atoms with van der Waals surface area (Å²) in [6, 6.07) is 8.08. The van der Waals surface area contributed by atoms with Gasteiger partial charge in [0, 0.05) is 32.8 Å². The molecule has 0 spiro atoms. The molecule has 4 rings (SSSR count). The van der Waals surface area contributed by atoms with E-state index in [-0.39, 0.29) is 12.0 Å². The van der Waals surface area contributed by atoms with Gasteiger partial charge >= 0.3 is 0 Å². The number of carbonyl (C=O) groups is 1. The predicted molar refractivity (Wildman–Crippen MR) is 93.1 cm³/mol. The van der Waals surface area contributed by atoms with Crippen molar-refractivity contribution in [1.82, 2.24) is 15.1 Å². The molecule has 2 saturated heterocycles. The largest absolute Gasteiger partial charge is 0.368 e. The molecule has 2 aliphatic rings. The molecule has 6 nitrogen and oxygen atoms in total. The van der Waals surface area contributed by atoms with E-state index in [1.165, 1.54) is 0 Å². The topological polar surface area (TPSA) is 58.6 Å². The van der Waals surface area contributed by atoms with Crippen molar-refractivity contribution >= 4 is 23.1 Å². The van der Waals surface area contributed by atoms with Gasteiger partial charge in [-0.15, -0.1) is 21.5 Å². The number of amides is 1. The maximum atomic E-state index is 12.4. The fraction of sp³-hybridized carbons (Fsp3) is 0.471. The summed E-state index contributed by atoms with van der Waals surface area (Å²) in [5, 5.41) is 10.7. The van der Waals surface area contributed by atoms with Crippen LogP contribution in [0.1, 0.15) is 12.8 Å².